The normalized spacial score (nSPS) is 15.5. The lowest BCUT2D eigenvalue weighted by atomic mass is 10.0. The van der Waals surface area contributed by atoms with Crippen LogP contribution in [-0.4, -0.2) is 11.3 Å². The molecule has 1 aliphatic heterocycles. The van der Waals surface area contributed by atoms with Crippen molar-refractivity contribution in [1.29, 1.82) is 0 Å². The molecule has 0 fully saturated rings. The summed E-state index contributed by atoms with van der Waals surface area (Å²) in [5.74, 6) is 0. The summed E-state index contributed by atoms with van der Waals surface area (Å²) in [6, 6.07) is 9.53. The third kappa shape index (κ3) is 1.73. The molecule has 0 bridgehead atoms. The Balaban J connectivity index is 2.48. The first-order chi connectivity index (χ1) is 7.20. The van der Waals surface area contributed by atoms with Gasteiger partial charge in [0.15, 0.2) is 0 Å². The van der Waals surface area contributed by atoms with Gasteiger partial charge in [0.1, 0.15) is 5.70 Å². The molecule has 0 aliphatic carbocycles. The Bertz CT molecular complexity index is 452. The molecule has 1 nitrogen and oxygen atoms in total. The molecule has 1 aliphatic rings. The zero-order valence-corrected chi connectivity index (χ0v) is 9.20. The van der Waals surface area contributed by atoms with Crippen LogP contribution in [0.5, 0.6) is 0 Å². The lowest BCUT2D eigenvalue weighted by Gasteiger charge is -2.20. The molecule has 2 rings (SSSR count). The SMILES string of the molecule is C=[N+]1C(c2ccccc2C)=CC=C[C-]1C. The Kier molecular flexibility index (Phi) is 2.46. The molecule has 0 saturated carbocycles. The van der Waals surface area contributed by atoms with E-state index >= 15 is 0 Å². The molecule has 15 heavy (non-hydrogen) atoms. The molecular formula is C14H15N. The van der Waals surface area contributed by atoms with Gasteiger partial charge in [-0.25, -0.2) is 0 Å². The van der Waals surface area contributed by atoms with Crippen LogP contribution in [-0.2, 0) is 0 Å². The highest BCUT2D eigenvalue weighted by Gasteiger charge is 2.14. The van der Waals surface area contributed by atoms with E-state index in [0.29, 0.717) is 0 Å². The van der Waals surface area contributed by atoms with E-state index < -0.39 is 0 Å². The highest BCUT2D eigenvalue weighted by molar-refractivity contribution is 5.66. The summed E-state index contributed by atoms with van der Waals surface area (Å²) < 4.78 is 1.97. The van der Waals surface area contributed by atoms with Crippen LogP contribution in [0.15, 0.2) is 42.5 Å². The molecule has 76 valence electrons. The van der Waals surface area contributed by atoms with Crippen LogP contribution in [0.1, 0.15) is 18.1 Å². The van der Waals surface area contributed by atoms with Gasteiger partial charge in [-0.15, -0.1) is 6.08 Å². The number of aryl methyl sites for hydroxylation is 1. The maximum atomic E-state index is 4.05. The van der Waals surface area contributed by atoms with E-state index in [1.54, 1.807) is 0 Å². The Morgan fingerprint density at radius 1 is 1.27 bits per heavy atom. The number of hydrogen-bond acceptors (Lipinski definition) is 0. The van der Waals surface area contributed by atoms with Gasteiger partial charge in [-0.05, 0) is 19.4 Å². The summed E-state index contributed by atoms with van der Waals surface area (Å²) in [7, 11) is 0. The number of benzene rings is 1. The highest BCUT2D eigenvalue weighted by atomic mass is 15.0. The van der Waals surface area contributed by atoms with E-state index in [-0.39, 0.29) is 0 Å². The molecule has 0 spiro atoms. The van der Waals surface area contributed by atoms with Crippen LogP contribution in [0.3, 0.4) is 0 Å². The fourth-order valence-corrected chi connectivity index (χ4v) is 1.74. The fraction of sp³-hybridized carbons (Fsp3) is 0.143. The van der Waals surface area contributed by atoms with Crippen molar-refractivity contribution in [3.63, 3.8) is 0 Å². The van der Waals surface area contributed by atoms with E-state index in [1.165, 1.54) is 11.1 Å². The molecule has 0 amide bonds. The predicted molar refractivity (Wildman–Crippen MR) is 64.6 cm³/mol. The first kappa shape index (κ1) is 9.78. The predicted octanol–water partition coefficient (Wildman–Crippen LogP) is 3.17. The summed E-state index contributed by atoms with van der Waals surface area (Å²) >= 11 is 0. The smallest absolute Gasteiger partial charge is 0.130 e. The molecule has 1 heteroatoms. The Labute approximate surface area is 91.1 Å². The van der Waals surface area contributed by atoms with Crippen LogP contribution in [0.2, 0.25) is 0 Å². The maximum Gasteiger partial charge on any atom is 0.130 e. The van der Waals surface area contributed by atoms with Gasteiger partial charge in [0.25, 0.3) is 0 Å². The first-order valence-electron chi connectivity index (χ1n) is 5.08. The third-order valence-electron chi connectivity index (χ3n) is 2.73. The van der Waals surface area contributed by atoms with E-state index in [2.05, 4.69) is 63.1 Å². The Morgan fingerprint density at radius 2 is 2.00 bits per heavy atom. The van der Waals surface area contributed by atoms with Gasteiger partial charge in [0.05, 0.1) is 12.8 Å². The third-order valence-corrected chi connectivity index (χ3v) is 2.73. The molecule has 0 N–H and O–H groups in total. The lowest BCUT2D eigenvalue weighted by Crippen LogP contribution is -2.14. The van der Waals surface area contributed by atoms with Gasteiger partial charge in [-0.2, -0.15) is 0 Å². The molecule has 0 radical (unpaired) electrons. The van der Waals surface area contributed by atoms with Crippen LogP contribution >= 0.6 is 0 Å². The standard InChI is InChI=1S/C14H15N/c1-11-7-4-5-9-13(11)14-10-6-8-12(2)15(14)3/h4-10H,3H2,1-2H3. The highest BCUT2D eigenvalue weighted by Crippen LogP contribution is 2.25. The summed E-state index contributed by atoms with van der Waals surface area (Å²) in [5.41, 5.74) is 3.69. The van der Waals surface area contributed by atoms with Crippen LogP contribution in [0.25, 0.3) is 5.70 Å². The summed E-state index contributed by atoms with van der Waals surface area (Å²) in [4.78, 5) is 0. The van der Waals surface area contributed by atoms with Crippen LogP contribution in [0.4, 0.5) is 0 Å². The number of rotatable bonds is 1. The fourth-order valence-electron chi connectivity index (χ4n) is 1.74. The van der Waals surface area contributed by atoms with E-state index in [9.17, 15) is 0 Å². The molecule has 1 aromatic rings. The second-order valence-electron chi connectivity index (χ2n) is 3.80. The number of hydrogen-bond donors (Lipinski definition) is 0. The van der Waals surface area contributed by atoms with Gasteiger partial charge in [-0.3, -0.25) is 4.58 Å². The van der Waals surface area contributed by atoms with Gasteiger partial charge in [-0.1, -0.05) is 36.4 Å². The molecule has 1 aromatic carbocycles. The van der Waals surface area contributed by atoms with Gasteiger partial charge in [0.2, 0.25) is 0 Å². The zero-order chi connectivity index (χ0) is 10.8. The Morgan fingerprint density at radius 3 is 2.73 bits per heavy atom. The van der Waals surface area contributed by atoms with Crippen molar-refractivity contribution in [3.05, 3.63) is 59.7 Å². The summed E-state index contributed by atoms with van der Waals surface area (Å²) in [6.07, 6.45) is 6.23. The number of allylic oxidation sites excluding steroid dienone is 2. The van der Waals surface area contributed by atoms with E-state index in [0.717, 1.165) is 11.7 Å². The molecule has 0 saturated heterocycles. The van der Waals surface area contributed by atoms with Crippen molar-refractivity contribution in [2.24, 2.45) is 0 Å². The molecule has 0 aromatic heterocycles. The number of nitrogens with zero attached hydrogens (tertiary/aromatic N) is 1. The van der Waals surface area contributed by atoms with Crippen molar-refractivity contribution >= 4 is 12.4 Å². The second kappa shape index (κ2) is 3.77. The first-order valence-corrected chi connectivity index (χ1v) is 5.08. The topological polar surface area (TPSA) is 3.01 Å². The van der Waals surface area contributed by atoms with Crippen molar-refractivity contribution in [1.82, 2.24) is 0 Å². The molecule has 0 atom stereocenters. The van der Waals surface area contributed by atoms with Crippen molar-refractivity contribution in [2.75, 3.05) is 0 Å². The van der Waals surface area contributed by atoms with Gasteiger partial charge >= 0.3 is 0 Å². The summed E-state index contributed by atoms with van der Waals surface area (Å²) in [6.45, 7) is 8.24. The quantitative estimate of drug-likeness (QED) is 0.480. The van der Waals surface area contributed by atoms with Crippen molar-refractivity contribution < 1.29 is 4.58 Å². The second-order valence-corrected chi connectivity index (χ2v) is 3.80. The molecule has 0 unspecified atom stereocenters. The largest absolute Gasteiger partial charge is 0.292 e. The Hall–Kier alpha value is -1.76. The zero-order valence-electron chi connectivity index (χ0n) is 9.20. The monoisotopic (exact) mass is 197 g/mol. The van der Waals surface area contributed by atoms with Gasteiger partial charge < -0.3 is 0 Å². The maximum absolute atomic E-state index is 4.05. The van der Waals surface area contributed by atoms with Crippen molar-refractivity contribution in [3.8, 4) is 0 Å². The average molecular weight is 197 g/mol. The minimum Gasteiger partial charge on any atom is -0.292 e. The van der Waals surface area contributed by atoms with Crippen molar-refractivity contribution in [2.45, 2.75) is 13.8 Å². The average Bonchev–Trinajstić information content (AvgIpc) is 2.23. The van der Waals surface area contributed by atoms with Gasteiger partial charge in [0, 0.05) is 5.56 Å². The van der Waals surface area contributed by atoms with Crippen LogP contribution in [0, 0.1) is 13.0 Å². The summed E-state index contributed by atoms with van der Waals surface area (Å²) in [5, 5.41) is 0. The van der Waals surface area contributed by atoms with E-state index in [1.807, 2.05) is 4.58 Å². The van der Waals surface area contributed by atoms with E-state index in [4.69, 9.17) is 0 Å². The minimum atomic E-state index is 1.16. The molecule has 1 heterocycles. The van der Waals surface area contributed by atoms with Crippen LogP contribution < -0.4 is 0 Å². The lowest BCUT2D eigenvalue weighted by molar-refractivity contribution is -0.397. The molecular weight excluding hydrogens is 182 g/mol. The minimum absolute atomic E-state index is 1.16.